The average molecular weight is 338 g/mol. The molecule has 0 aliphatic carbocycles. The van der Waals surface area contributed by atoms with Crippen LogP contribution >= 0.6 is 0 Å². The Hall–Kier alpha value is -2.42. The summed E-state index contributed by atoms with van der Waals surface area (Å²) in [7, 11) is 0. The van der Waals surface area contributed by atoms with Gasteiger partial charge in [0.15, 0.2) is 0 Å². The molecule has 0 saturated carbocycles. The van der Waals surface area contributed by atoms with E-state index in [4.69, 9.17) is 4.74 Å². The summed E-state index contributed by atoms with van der Waals surface area (Å²) in [6.45, 7) is 5.06. The van der Waals surface area contributed by atoms with Crippen molar-refractivity contribution in [3.63, 3.8) is 0 Å². The van der Waals surface area contributed by atoms with Crippen molar-refractivity contribution in [3.05, 3.63) is 71.8 Å². The Labute approximate surface area is 150 Å². The topological polar surface area (TPSA) is 43.4 Å². The minimum absolute atomic E-state index is 0.134. The summed E-state index contributed by atoms with van der Waals surface area (Å²) in [6.07, 6.45) is 0.981. The van der Waals surface area contributed by atoms with Crippen LogP contribution in [0.1, 0.15) is 50.7 Å². The molecule has 1 atom stereocenters. The Morgan fingerprint density at radius 2 is 1.32 bits per heavy atom. The fraction of sp³-hybridized carbons (Fsp3) is 0.364. The van der Waals surface area contributed by atoms with E-state index in [0.717, 1.165) is 0 Å². The molecule has 3 heteroatoms. The maximum atomic E-state index is 12.2. The van der Waals surface area contributed by atoms with E-state index < -0.39 is 11.9 Å². The molecule has 0 bridgehead atoms. The number of esters is 1. The van der Waals surface area contributed by atoms with Crippen molar-refractivity contribution in [2.24, 2.45) is 5.92 Å². The number of benzene rings is 2. The molecule has 0 aromatic heterocycles. The molecule has 25 heavy (non-hydrogen) atoms. The van der Waals surface area contributed by atoms with Crippen LogP contribution in [-0.2, 0) is 14.3 Å². The highest BCUT2D eigenvalue weighted by Gasteiger charge is 2.27. The fourth-order valence-corrected chi connectivity index (χ4v) is 3.03. The Morgan fingerprint density at radius 1 is 0.840 bits per heavy atom. The van der Waals surface area contributed by atoms with Crippen molar-refractivity contribution in [3.8, 4) is 0 Å². The van der Waals surface area contributed by atoms with Gasteiger partial charge in [-0.15, -0.1) is 0 Å². The molecule has 0 N–H and O–H groups in total. The van der Waals surface area contributed by atoms with Crippen LogP contribution in [0.15, 0.2) is 60.7 Å². The van der Waals surface area contributed by atoms with Gasteiger partial charge in [0.05, 0.1) is 6.10 Å². The van der Waals surface area contributed by atoms with Gasteiger partial charge in [0.25, 0.3) is 0 Å². The van der Waals surface area contributed by atoms with Crippen LogP contribution in [0.4, 0.5) is 0 Å². The summed E-state index contributed by atoms with van der Waals surface area (Å²) in [6, 6.07) is 20.4. The summed E-state index contributed by atoms with van der Waals surface area (Å²) in [4.78, 5) is 24.2. The highest BCUT2D eigenvalue weighted by molar-refractivity contribution is 5.97. The molecule has 1 unspecified atom stereocenters. The predicted octanol–water partition coefficient (Wildman–Crippen LogP) is 4.76. The van der Waals surface area contributed by atoms with E-state index in [0.29, 0.717) is 12.8 Å². The lowest BCUT2D eigenvalue weighted by Crippen LogP contribution is -2.27. The second-order valence-corrected chi connectivity index (χ2v) is 6.60. The third-order valence-electron chi connectivity index (χ3n) is 4.27. The first-order valence-electron chi connectivity index (χ1n) is 8.80. The monoisotopic (exact) mass is 338 g/mol. The van der Waals surface area contributed by atoms with Crippen LogP contribution in [0, 0.1) is 5.92 Å². The van der Waals surface area contributed by atoms with Crippen LogP contribution in [0.2, 0.25) is 0 Å². The smallest absolute Gasteiger partial charge is 0.316 e. The number of hydrogen-bond donors (Lipinski definition) is 0. The lowest BCUT2D eigenvalue weighted by Gasteiger charge is -2.21. The highest BCUT2D eigenvalue weighted by Crippen LogP contribution is 2.31. The number of Topliss-reactive ketones (excluding diaryl/α,β-unsaturated/α-hetero) is 1. The van der Waals surface area contributed by atoms with Gasteiger partial charge in [-0.2, -0.15) is 0 Å². The third kappa shape index (κ3) is 5.56. The first kappa shape index (κ1) is 18.9. The normalized spacial score (nSPS) is 12.2. The molecule has 0 aliphatic heterocycles. The molecule has 0 heterocycles. The van der Waals surface area contributed by atoms with E-state index in [1.165, 1.54) is 18.1 Å². The van der Waals surface area contributed by atoms with Crippen molar-refractivity contribution in [1.82, 2.24) is 0 Å². The fourth-order valence-electron chi connectivity index (χ4n) is 3.03. The summed E-state index contributed by atoms with van der Waals surface area (Å²) in [5.41, 5.74) is 2.38. The highest BCUT2D eigenvalue weighted by atomic mass is 16.5. The summed E-state index contributed by atoms with van der Waals surface area (Å²) < 4.78 is 5.26. The molecule has 0 spiro atoms. The van der Waals surface area contributed by atoms with Crippen LogP contribution in [0.25, 0.3) is 0 Å². The van der Waals surface area contributed by atoms with Crippen molar-refractivity contribution in [1.29, 1.82) is 0 Å². The van der Waals surface area contributed by atoms with Crippen LogP contribution in [0.5, 0.6) is 0 Å². The molecular formula is C22H26O3. The van der Waals surface area contributed by atoms with E-state index >= 15 is 0 Å². The number of ketones is 1. The predicted molar refractivity (Wildman–Crippen MR) is 99.4 cm³/mol. The Bertz CT molecular complexity index is 637. The van der Waals surface area contributed by atoms with E-state index in [9.17, 15) is 9.59 Å². The molecule has 0 fully saturated rings. The molecular weight excluding hydrogens is 312 g/mol. The van der Waals surface area contributed by atoms with Crippen molar-refractivity contribution < 1.29 is 14.3 Å². The molecule has 2 rings (SSSR count). The largest absolute Gasteiger partial charge is 0.462 e. The molecule has 3 nitrogen and oxygen atoms in total. The number of ether oxygens (including phenoxy) is 1. The Kier molecular flexibility index (Phi) is 6.93. The maximum Gasteiger partial charge on any atom is 0.316 e. The van der Waals surface area contributed by atoms with E-state index in [1.807, 2.05) is 36.4 Å². The van der Waals surface area contributed by atoms with Crippen LogP contribution in [0.3, 0.4) is 0 Å². The van der Waals surface area contributed by atoms with E-state index in [2.05, 4.69) is 24.3 Å². The molecule has 0 aliphatic rings. The van der Waals surface area contributed by atoms with Gasteiger partial charge >= 0.3 is 5.97 Å². The van der Waals surface area contributed by atoms with Crippen molar-refractivity contribution >= 4 is 11.8 Å². The summed E-state index contributed by atoms with van der Waals surface area (Å²) in [5.74, 6) is -1.10. The van der Waals surface area contributed by atoms with E-state index in [1.54, 1.807) is 13.8 Å². The van der Waals surface area contributed by atoms with Gasteiger partial charge in [-0.25, -0.2) is 0 Å². The van der Waals surface area contributed by atoms with Gasteiger partial charge in [0.2, 0.25) is 0 Å². The van der Waals surface area contributed by atoms with Gasteiger partial charge in [-0.1, -0.05) is 60.7 Å². The van der Waals surface area contributed by atoms with Gasteiger partial charge in [-0.3, -0.25) is 9.59 Å². The van der Waals surface area contributed by atoms with Crippen molar-refractivity contribution in [2.75, 3.05) is 0 Å². The van der Waals surface area contributed by atoms with E-state index in [-0.39, 0.29) is 17.8 Å². The second kappa shape index (κ2) is 9.16. The van der Waals surface area contributed by atoms with Gasteiger partial charge in [-0.05, 0) is 44.7 Å². The summed E-state index contributed by atoms with van der Waals surface area (Å²) in [5, 5.41) is 0. The van der Waals surface area contributed by atoms with Crippen LogP contribution < -0.4 is 0 Å². The number of hydrogen-bond acceptors (Lipinski definition) is 3. The van der Waals surface area contributed by atoms with Crippen LogP contribution in [-0.4, -0.2) is 17.9 Å². The third-order valence-corrected chi connectivity index (χ3v) is 4.27. The van der Waals surface area contributed by atoms with Crippen molar-refractivity contribution in [2.45, 2.75) is 45.6 Å². The molecule has 0 saturated heterocycles. The summed E-state index contributed by atoms with van der Waals surface area (Å²) >= 11 is 0. The minimum atomic E-state index is -0.697. The average Bonchev–Trinajstić information content (AvgIpc) is 2.59. The maximum absolute atomic E-state index is 12.2. The zero-order chi connectivity index (χ0) is 18.2. The van der Waals surface area contributed by atoms with Gasteiger partial charge in [0, 0.05) is 5.92 Å². The molecule has 2 aromatic carbocycles. The lowest BCUT2D eigenvalue weighted by molar-refractivity contribution is -0.155. The molecule has 2 aromatic rings. The second-order valence-electron chi connectivity index (χ2n) is 6.60. The Balaban J connectivity index is 2.19. The minimum Gasteiger partial charge on any atom is -0.462 e. The number of carbonyl (C=O) groups is 2. The zero-order valence-electron chi connectivity index (χ0n) is 15.1. The quantitative estimate of drug-likeness (QED) is 0.515. The van der Waals surface area contributed by atoms with Gasteiger partial charge < -0.3 is 4.74 Å². The Morgan fingerprint density at radius 3 is 1.72 bits per heavy atom. The lowest BCUT2D eigenvalue weighted by atomic mass is 9.84. The molecule has 0 amide bonds. The standard InChI is InChI=1S/C22H26O3/c1-16(2)25-22(24)20(17(3)23)14-15-21(18-10-6-4-7-11-18)19-12-8-5-9-13-19/h4-13,16,20-21H,14-15H2,1-3H3. The SMILES string of the molecule is CC(=O)C(CCC(c1ccccc1)c1ccccc1)C(=O)OC(C)C. The molecule has 0 radical (unpaired) electrons. The molecule has 132 valence electrons. The number of carbonyl (C=O) groups excluding carboxylic acids is 2. The van der Waals surface area contributed by atoms with Gasteiger partial charge in [0.1, 0.15) is 11.7 Å². The zero-order valence-corrected chi connectivity index (χ0v) is 15.1. The first-order valence-corrected chi connectivity index (χ1v) is 8.80. The first-order chi connectivity index (χ1) is 12.0. The number of rotatable bonds is 8.